The van der Waals surface area contributed by atoms with E-state index < -0.39 is 29.0 Å². The summed E-state index contributed by atoms with van der Waals surface area (Å²) >= 11 is 0. The Hall–Kier alpha value is -2.83. The van der Waals surface area contributed by atoms with Crippen LogP contribution in [0, 0.1) is 19.3 Å². The molecule has 4 nitrogen and oxygen atoms in total. The van der Waals surface area contributed by atoms with Crippen molar-refractivity contribution in [3.05, 3.63) is 59.2 Å². The molecule has 0 bridgehead atoms. The van der Waals surface area contributed by atoms with Crippen molar-refractivity contribution >= 4 is 23.2 Å². The summed E-state index contributed by atoms with van der Waals surface area (Å²) in [5, 5.41) is 5.10. The molecule has 0 aliphatic heterocycles. The summed E-state index contributed by atoms with van der Waals surface area (Å²) in [6, 6.07) is 9.81. The van der Waals surface area contributed by atoms with E-state index in [0.29, 0.717) is 5.69 Å². The summed E-state index contributed by atoms with van der Waals surface area (Å²) in [5.41, 5.74) is -0.0322. The summed E-state index contributed by atoms with van der Waals surface area (Å²) in [4.78, 5) is 25.1. The van der Waals surface area contributed by atoms with Crippen LogP contribution in [-0.2, 0) is 15.8 Å². The van der Waals surface area contributed by atoms with Gasteiger partial charge in [-0.1, -0.05) is 18.2 Å². The van der Waals surface area contributed by atoms with Crippen LogP contribution in [0.2, 0.25) is 0 Å². The Morgan fingerprint density at radius 2 is 1.52 bits per heavy atom. The zero-order chi connectivity index (χ0) is 20.4. The van der Waals surface area contributed by atoms with Gasteiger partial charge in [0.05, 0.1) is 5.56 Å². The van der Waals surface area contributed by atoms with Gasteiger partial charge in [0.25, 0.3) is 0 Å². The second-order valence-corrected chi connectivity index (χ2v) is 6.93. The zero-order valence-electron chi connectivity index (χ0n) is 15.5. The van der Waals surface area contributed by atoms with Crippen LogP contribution in [-0.4, -0.2) is 11.8 Å². The second kappa shape index (κ2) is 7.42. The van der Waals surface area contributed by atoms with Gasteiger partial charge in [-0.15, -0.1) is 0 Å². The van der Waals surface area contributed by atoms with Gasteiger partial charge in [-0.05, 0) is 63.1 Å². The lowest BCUT2D eigenvalue weighted by Crippen LogP contribution is -2.41. The first-order chi connectivity index (χ1) is 12.4. The van der Waals surface area contributed by atoms with E-state index in [4.69, 9.17) is 0 Å². The first-order valence-corrected chi connectivity index (χ1v) is 8.28. The molecule has 0 unspecified atom stereocenters. The lowest BCUT2D eigenvalue weighted by Gasteiger charge is -2.23. The maximum Gasteiger partial charge on any atom is 0.416 e. The maximum absolute atomic E-state index is 12.8. The number of alkyl halides is 3. The standard InChI is InChI=1S/C20H21F3N2O2/c1-12-8-9-13(2)16(10-12)25-18(27)19(3,4)17(26)24-15-7-5-6-14(11-15)20(21,22)23/h5-11H,1-4H3,(H,24,26)(H,25,27). The van der Waals surface area contributed by atoms with Gasteiger partial charge in [0.1, 0.15) is 5.41 Å². The Labute approximate surface area is 155 Å². The number of hydrogen-bond donors (Lipinski definition) is 2. The molecule has 0 aliphatic rings. The Kier molecular flexibility index (Phi) is 5.63. The number of nitrogens with one attached hydrogen (secondary N) is 2. The van der Waals surface area contributed by atoms with Crippen LogP contribution in [0.4, 0.5) is 24.5 Å². The van der Waals surface area contributed by atoms with Crippen molar-refractivity contribution in [1.82, 2.24) is 0 Å². The average molecular weight is 378 g/mol. The molecule has 2 amide bonds. The number of rotatable bonds is 4. The molecular weight excluding hydrogens is 357 g/mol. The molecule has 2 N–H and O–H groups in total. The van der Waals surface area contributed by atoms with Gasteiger partial charge < -0.3 is 10.6 Å². The van der Waals surface area contributed by atoms with E-state index in [2.05, 4.69) is 10.6 Å². The van der Waals surface area contributed by atoms with E-state index in [-0.39, 0.29) is 5.69 Å². The second-order valence-electron chi connectivity index (χ2n) is 6.93. The van der Waals surface area contributed by atoms with Gasteiger partial charge in [0.15, 0.2) is 0 Å². The van der Waals surface area contributed by atoms with Crippen molar-refractivity contribution in [2.24, 2.45) is 5.41 Å². The minimum absolute atomic E-state index is 0.0255. The van der Waals surface area contributed by atoms with E-state index in [1.807, 2.05) is 26.0 Å². The Morgan fingerprint density at radius 1 is 0.889 bits per heavy atom. The number of amides is 2. The highest BCUT2D eigenvalue weighted by Crippen LogP contribution is 2.31. The molecule has 0 saturated heterocycles. The van der Waals surface area contributed by atoms with Crippen LogP contribution in [0.15, 0.2) is 42.5 Å². The Balaban J connectivity index is 2.17. The first-order valence-electron chi connectivity index (χ1n) is 8.28. The van der Waals surface area contributed by atoms with Crippen LogP contribution < -0.4 is 10.6 Å². The summed E-state index contributed by atoms with van der Waals surface area (Å²) in [6.07, 6.45) is -4.52. The molecular formula is C20H21F3N2O2. The fourth-order valence-corrected chi connectivity index (χ4v) is 2.31. The molecule has 2 aromatic carbocycles. The van der Waals surface area contributed by atoms with E-state index in [1.54, 1.807) is 6.07 Å². The minimum Gasteiger partial charge on any atom is -0.325 e. The monoisotopic (exact) mass is 378 g/mol. The Bertz CT molecular complexity index is 874. The van der Waals surface area contributed by atoms with Crippen molar-refractivity contribution in [2.75, 3.05) is 10.6 Å². The number of carbonyl (C=O) groups excluding carboxylic acids is 2. The highest BCUT2D eigenvalue weighted by Gasteiger charge is 2.37. The molecule has 0 atom stereocenters. The van der Waals surface area contributed by atoms with Gasteiger partial charge in [-0.25, -0.2) is 0 Å². The van der Waals surface area contributed by atoms with Crippen molar-refractivity contribution in [2.45, 2.75) is 33.9 Å². The third-order valence-electron chi connectivity index (χ3n) is 4.22. The molecule has 0 aliphatic carbocycles. The number of carbonyl (C=O) groups is 2. The highest BCUT2D eigenvalue weighted by molar-refractivity contribution is 6.14. The third-order valence-corrected chi connectivity index (χ3v) is 4.22. The lowest BCUT2D eigenvalue weighted by atomic mass is 9.90. The summed E-state index contributed by atoms with van der Waals surface area (Å²) in [6.45, 7) is 6.53. The van der Waals surface area contributed by atoms with Crippen LogP contribution in [0.5, 0.6) is 0 Å². The van der Waals surface area contributed by atoms with Gasteiger partial charge in [0, 0.05) is 11.4 Å². The molecule has 0 fully saturated rings. The molecule has 27 heavy (non-hydrogen) atoms. The molecule has 0 spiro atoms. The average Bonchev–Trinajstić information content (AvgIpc) is 2.57. The van der Waals surface area contributed by atoms with Crippen LogP contribution >= 0.6 is 0 Å². The van der Waals surface area contributed by atoms with E-state index in [9.17, 15) is 22.8 Å². The number of halogens is 3. The molecule has 7 heteroatoms. The van der Waals surface area contributed by atoms with Gasteiger partial charge in [0.2, 0.25) is 11.8 Å². The summed E-state index contributed by atoms with van der Waals surface area (Å²) in [7, 11) is 0. The van der Waals surface area contributed by atoms with Gasteiger partial charge in [-0.2, -0.15) is 13.2 Å². The quantitative estimate of drug-likeness (QED) is 0.742. The molecule has 2 rings (SSSR count). The zero-order valence-corrected chi connectivity index (χ0v) is 15.5. The van der Waals surface area contributed by atoms with Crippen molar-refractivity contribution in [3.8, 4) is 0 Å². The summed E-state index contributed by atoms with van der Waals surface area (Å²) < 4.78 is 38.4. The molecule has 0 saturated carbocycles. The Morgan fingerprint density at radius 3 is 2.15 bits per heavy atom. The van der Waals surface area contributed by atoms with Crippen LogP contribution in [0.25, 0.3) is 0 Å². The van der Waals surface area contributed by atoms with E-state index in [1.165, 1.54) is 26.0 Å². The number of anilines is 2. The predicted molar refractivity (Wildman–Crippen MR) is 98.4 cm³/mol. The molecule has 0 radical (unpaired) electrons. The molecule has 0 heterocycles. The lowest BCUT2D eigenvalue weighted by molar-refractivity contribution is -0.138. The van der Waals surface area contributed by atoms with Gasteiger partial charge >= 0.3 is 6.18 Å². The first kappa shape index (κ1) is 20.5. The fourth-order valence-electron chi connectivity index (χ4n) is 2.31. The van der Waals surface area contributed by atoms with Crippen molar-refractivity contribution in [1.29, 1.82) is 0 Å². The van der Waals surface area contributed by atoms with E-state index >= 15 is 0 Å². The number of benzene rings is 2. The maximum atomic E-state index is 12.8. The van der Waals surface area contributed by atoms with E-state index in [0.717, 1.165) is 23.3 Å². The third kappa shape index (κ3) is 4.87. The minimum atomic E-state index is -4.52. The molecule has 144 valence electrons. The van der Waals surface area contributed by atoms with Gasteiger partial charge in [-0.3, -0.25) is 9.59 Å². The van der Waals surface area contributed by atoms with Crippen molar-refractivity contribution < 1.29 is 22.8 Å². The number of aryl methyl sites for hydroxylation is 2. The topological polar surface area (TPSA) is 58.2 Å². The molecule has 0 aromatic heterocycles. The summed E-state index contributed by atoms with van der Waals surface area (Å²) in [5.74, 6) is -1.26. The highest BCUT2D eigenvalue weighted by atomic mass is 19.4. The predicted octanol–water partition coefficient (Wildman–Crippen LogP) is 4.93. The van der Waals surface area contributed by atoms with Crippen LogP contribution in [0.3, 0.4) is 0 Å². The molecule has 2 aromatic rings. The smallest absolute Gasteiger partial charge is 0.325 e. The largest absolute Gasteiger partial charge is 0.416 e. The van der Waals surface area contributed by atoms with Crippen molar-refractivity contribution in [3.63, 3.8) is 0 Å². The fraction of sp³-hybridized carbons (Fsp3) is 0.300. The normalized spacial score (nSPS) is 11.8. The van der Waals surface area contributed by atoms with Crippen LogP contribution in [0.1, 0.15) is 30.5 Å². The number of hydrogen-bond acceptors (Lipinski definition) is 2. The SMILES string of the molecule is Cc1ccc(C)c(NC(=O)C(C)(C)C(=O)Nc2cccc(C(F)(F)F)c2)c1.